The highest BCUT2D eigenvalue weighted by molar-refractivity contribution is 6.30. The lowest BCUT2D eigenvalue weighted by atomic mass is 9.99. The molecule has 2 heterocycles. The summed E-state index contributed by atoms with van der Waals surface area (Å²) in [6, 6.07) is 12.8. The van der Waals surface area contributed by atoms with Crippen LogP contribution in [0.3, 0.4) is 0 Å². The zero-order valence-corrected chi connectivity index (χ0v) is 12.6. The Labute approximate surface area is 136 Å². The molecule has 0 radical (unpaired) electrons. The number of aliphatic hydroxyl groups is 1. The van der Waals surface area contributed by atoms with Gasteiger partial charge in [0.1, 0.15) is 11.7 Å². The third kappa shape index (κ3) is 2.72. The standard InChI is InChI=1S/C17H12ClNO4/c18-11-6-4-10(5-7-11)15(20)12-9-13(17(22)23)16(21)19-8-2-1-3-14(12)19/h1-9,15,20H,(H,22,23). The second-order valence-electron chi connectivity index (χ2n) is 5.03. The third-order valence-electron chi connectivity index (χ3n) is 3.62. The number of fused-ring (bicyclic) bond motifs is 1. The van der Waals surface area contributed by atoms with E-state index < -0.39 is 23.2 Å². The first-order valence-electron chi connectivity index (χ1n) is 6.80. The predicted molar refractivity (Wildman–Crippen MR) is 86.1 cm³/mol. The first-order chi connectivity index (χ1) is 11.0. The number of aromatic carboxylic acids is 1. The zero-order chi connectivity index (χ0) is 16.6. The molecule has 116 valence electrons. The first kappa shape index (κ1) is 15.3. The molecule has 1 aromatic carbocycles. The van der Waals surface area contributed by atoms with Gasteiger partial charge in [-0.25, -0.2) is 4.79 Å². The van der Waals surface area contributed by atoms with E-state index in [1.807, 2.05) is 0 Å². The van der Waals surface area contributed by atoms with Crippen LogP contribution in [0.4, 0.5) is 0 Å². The maximum absolute atomic E-state index is 12.2. The Hall–Kier alpha value is -2.63. The van der Waals surface area contributed by atoms with E-state index in [0.717, 1.165) is 0 Å². The summed E-state index contributed by atoms with van der Waals surface area (Å²) in [5.41, 5.74) is 0.307. The number of aliphatic hydroxyl groups excluding tert-OH is 1. The van der Waals surface area contributed by atoms with Gasteiger partial charge in [0.15, 0.2) is 0 Å². The number of rotatable bonds is 3. The van der Waals surface area contributed by atoms with E-state index in [-0.39, 0.29) is 0 Å². The number of nitrogens with zero attached hydrogens (tertiary/aromatic N) is 1. The zero-order valence-electron chi connectivity index (χ0n) is 11.8. The summed E-state index contributed by atoms with van der Waals surface area (Å²) in [5.74, 6) is -1.34. The average Bonchev–Trinajstić information content (AvgIpc) is 2.55. The summed E-state index contributed by atoms with van der Waals surface area (Å²) in [6.07, 6.45) is 0.394. The van der Waals surface area contributed by atoms with Crippen molar-refractivity contribution in [1.29, 1.82) is 0 Å². The Bertz CT molecular complexity index is 947. The second-order valence-corrected chi connectivity index (χ2v) is 5.47. The van der Waals surface area contributed by atoms with Crippen LogP contribution in [-0.2, 0) is 0 Å². The molecule has 3 rings (SSSR count). The average molecular weight is 330 g/mol. The van der Waals surface area contributed by atoms with Gasteiger partial charge in [-0.1, -0.05) is 29.8 Å². The molecule has 0 spiro atoms. The normalized spacial score (nSPS) is 12.3. The van der Waals surface area contributed by atoms with Crippen molar-refractivity contribution in [3.05, 3.63) is 86.8 Å². The number of aromatic nitrogens is 1. The van der Waals surface area contributed by atoms with Crippen LogP contribution in [0.5, 0.6) is 0 Å². The lowest BCUT2D eigenvalue weighted by Gasteiger charge is -2.15. The van der Waals surface area contributed by atoms with E-state index in [2.05, 4.69) is 0 Å². The fourth-order valence-electron chi connectivity index (χ4n) is 2.47. The predicted octanol–water partition coefficient (Wildman–Crippen LogP) is 2.73. The maximum Gasteiger partial charge on any atom is 0.341 e. The first-order valence-corrected chi connectivity index (χ1v) is 7.18. The van der Waals surface area contributed by atoms with E-state index in [4.69, 9.17) is 11.6 Å². The lowest BCUT2D eigenvalue weighted by Crippen LogP contribution is -2.23. The summed E-state index contributed by atoms with van der Waals surface area (Å²) in [4.78, 5) is 23.5. The summed E-state index contributed by atoms with van der Waals surface area (Å²) >= 11 is 5.84. The molecule has 0 aliphatic heterocycles. The fraction of sp³-hybridized carbons (Fsp3) is 0.0588. The minimum absolute atomic E-state index is 0.338. The van der Waals surface area contributed by atoms with Crippen molar-refractivity contribution in [2.45, 2.75) is 6.10 Å². The van der Waals surface area contributed by atoms with Gasteiger partial charge in [-0.05, 0) is 35.9 Å². The molecule has 0 amide bonds. The number of hydrogen-bond donors (Lipinski definition) is 2. The quantitative estimate of drug-likeness (QED) is 0.774. The van der Waals surface area contributed by atoms with Gasteiger partial charge in [0.25, 0.3) is 5.56 Å². The number of pyridine rings is 2. The van der Waals surface area contributed by atoms with Gasteiger partial charge in [0.05, 0.1) is 5.52 Å². The third-order valence-corrected chi connectivity index (χ3v) is 3.87. The molecule has 0 saturated carbocycles. The number of carbonyl (C=O) groups is 1. The Morgan fingerprint density at radius 2 is 1.83 bits per heavy atom. The van der Waals surface area contributed by atoms with E-state index in [1.54, 1.807) is 42.5 Å². The summed E-state index contributed by atoms with van der Waals surface area (Å²) in [7, 11) is 0. The topological polar surface area (TPSA) is 79.0 Å². The molecule has 0 aliphatic carbocycles. The molecule has 1 unspecified atom stereocenters. The summed E-state index contributed by atoms with van der Waals surface area (Å²) in [5, 5.41) is 20.4. The molecule has 0 fully saturated rings. The smallest absolute Gasteiger partial charge is 0.341 e. The van der Waals surface area contributed by atoms with E-state index in [1.165, 1.54) is 16.7 Å². The van der Waals surface area contributed by atoms with Crippen LogP contribution in [0.25, 0.3) is 5.52 Å². The van der Waals surface area contributed by atoms with Gasteiger partial charge in [-0.2, -0.15) is 0 Å². The molecule has 2 aromatic heterocycles. The van der Waals surface area contributed by atoms with Crippen LogP contribution < -0.4 is 5.56 Å². The van der Waals surface area contributed by atoms with E-state index >= 15 is 0 Å². The number of halogens is 1. The number of benzene rings is 1. The van der Waals surface area contributed by atoms with E-state index in [0.29, 0.717) is 21.7 Å². The van der Waals surface area contributed by atoms with Crippen LogP contribution >= 0.6 is 11.6 Å². The maximum atomic E-state index is 12.2. The van der Waals surface area contributed by atoms with Gasteiger partial charge in [0, 0.05) is 16.8 Å². The molecule has 1 atom stereocenters. The Balaban J connectivity index is 2.27. The molecular formula is C17H12ClNO4. The van der Waals surface area contributed by atoms with Gasteiger partial charge in [0.2, 0.25) is 0 Å². The number of carboxylic acids is 1. The molecule has 6 heteroatoms. The van der Waals surface area contributed by atoms with Gasteiger partial charge >= 0.3 is 5.97 Å². The van der Waals surface area contributed by atoms with E-state index in [9.17, 15) is 19.8 Å². The highest BCUT2D eigenvalue weighted by atomic mass is 35.5. The fourth-order valence-corrected chi connectivity index (χ4v) is 2.60. The number of hydrogen-bond acceptors (Lipinski definition) is 3. The lowest BCUT2D eigenvalue weighted by molar-refractivity contribution is 0.0694. The van der Waals surface area contributed by atoms with Crippen LogP contribution in [-0.4, -0.2) is 20.6 Å². The Morgan fingerprint density at radius 3 is 2.48 bits per heavy atom. The van der Waals surface area contributed by atoms with Gasteiger partial charge in [-0.3, -0.25) is 9.20 Å². The molecule has 3 aromatic rings. The molecule has 2 N–H and O–H groups in total. The SMILES string of the molecule is O=C(O)c1cc(C(O)c2ccc(Cl)cc2)c2ccccn2c1=O. The molecule has 0 saturated heterocycles. The summed E-state index contributed by atoms with van der Waals surface area (Å²) in [6.45, 7) is 0. The van der Waals surface area contributed by atoms with Crippen molar-refractivity contribution < 1.29 is 15.0 Å². The Kier molecular flexibility index (Phi) is 3.90. The largest absolute Gasteiger partial charge is 0.477 e. The van der Waals surface area contributed by atoms with Crippen molar-refractivity contribution in [3.63, 3.8) is 0 Å². The molecule has 0 aliphatic rings. The molecule has 0 bridgehead atoms. The van der Waals surface area contributed by atoms with Gasteiger partial charge in [-0.15, -0.1) is 0 Å². The minimum atomic E-state index is -1.34. The molecule has 5 nitrogen and oxygen atoms in total. The monoisotopic (exact) mass is 329 g/mol. The molecular weight excluding hydrogens is 318 g/mol. The van der Waals surface area contributed by atoms with Crippen molar-refractivity contribution in [1.82, 2.24) is 4.40 Å². The highest BCUT2D eigenvalue weighted by Crippen LogP contribution is 2.26. The Morgan fingerprint density at radius 1 is 1.13 bits per heavy atom. The van der Waals surface area contributed by atoms with Gasteiger partial charge < -0.3 is 10.2 Å². The van der Waals surface area contributed by atoms with Crippen LogP contribution in [0.1, 0.15) is 27.6 Å². The molecule has 23 heavy (non-hydrogen) atoms. The highest BCUT2D eigenvalue weighted by Gasteiger charge is 2.20. The van der Waals surface area contributed by atoms with Crippen molar-refractivity contribution >= 4 is 23.1 Å². The van der Waals surface area contributed by atoms with Crippen molar-refractivity contribution in [2.75, 3.05) is 0 Å². The second kappa shape index (κ2) is 5.87. The van der Waals surface area contributed by atoms with Crippen LogP contribution in [0, 0.1) is 0 Å². The number of carboxylic acid groups (broad SMARTS) is 1. The minimum Gasteiger partial charge on any atom is -0.477 e. The van der Waals surface area contributed by atoms with Crippen molar-refractivity contribution in [3.8, 4) is 0 Å². The van der Waals surface area contributed by atoms with Crippen molar-refractivity contribution in [2.24, 2.45) is 0 Å². The van der Waals surface area contributed by atoms with Crippen LogP contribution in [0.15, 0.2) is 59.5 Å². The van der Waals surface area contributed by atoms with Crippen LogP contribution in [0.2, 0.25) is 5.02 Å². The summed E-state index contributed by atoms with van der Waals surface area (Å²) < 4.78 is 1.22.